The van der Waals surface area contributed by atoms with E-state index in [-0.39, 0.29) is 24.0 Å². The summed E-state index contributed by atoms with van der Waals surface area (Å²) < 4.78 is 0. The highest BCUT2D eigenvalue weighted by Gasteiger charge is 2.36. The van der Waals surface area contributed by atoms with E-state index in [1.54, 1.807) is 6.20 Å². The Morgan fingerprint density at radius 3 is 2.76 bits per heavy atom. The Morgan fingerprint density at radius 2 is 2.14 bits per heavy atom. The zero-order valence-corrected chi connectivity index (χ0v) is 12.2. The van der Waals surface area contributed by atoms with Crippen molar-refractivity contribution in [2.24, 2.45) is 5.92 Å². The van der Waals surface area contributed by atoms with Crippen molar-refractivity contribution in [1.82, 2.24) is 15.2 Å². The molecule has 21 heavy (non-hydrogen) atoms. The minimum Gasteiger partial charge on any atom is -0.393 e. The van der Waals surface area contributed by atoms with Crippen LogP contribution < -0.4 is 5.32 Å². The molecule has 0 radical (unpaired) electrons. The number of hydrogen-bond donors (Lipinski definition) is 2. The van der Waals surface area contributed by atoms with Crippen molar-refractivity contribution >= 4 is 5.91 Å². The highest BCUT2D eigenvalue weighted by Crippen LogP contribution is 2.37. The molecule has 1 saturated heterocycles. The molecule has 5 heteroatoms. The van der Waals surface area contributed by atoms with Crippen molar-refractivity contribution < 1.29 is 9.90 Å². The Bertz CT molecular complexity index is 468. The fourth-order valence-corrected chi connectivity index (χ4v) is 3.26. The number of aliphatic hydroxyl groups is 1. The Labute approximate surface area is 125 Å². The van der Waals surface area contributed by atoms with E-state index >= 15 is 0 Å². The molecular formula is C16H23N3O2. The Morgan fingerprint density at radius 1 is 1.38 bits per heavy atom. The summed E-state index contributed by atoms with van der Waals surface area (Å²) in [4.78, 5) is 18.8. The number of amides is 1. The van der Waals surface area contributed by atoms with Gasteiger partial charge in [0.25, 0.3) is 0 Å². The summed E-state index contributed by atoms with van der Waals surface area (Å²) in [5, 5.41) is 12.7. The average molecular weight is 289 g/mol. The van der Waals surface area contributed by atoms with E-state index in [4.69, 9.17) is 0 Å². The van der Waals surface area contributed by atoms with Gasteiger partial charge in [-0.25, -0.2) is 0 Å². The first kappa shape index (κ1) is 14.5. The zero-order chi connectivity index (χ0) is 14.7. The standard InChI is InChI=1S/C16H23N3O2/c20-13-9-12(10-13)16(14-5-1-2-6-17-14)18-15(21)11-19-7-3-4-8-19/h1-2,5-6,12-13,16,20H,3-4,7-11H2,(H,18,21). The molecule has 1 aromatic rings. The highest BCUT2D eigenvalue weighted by atomic mass is 16.3. The molecule has 114 valence electrons. The number of carbonyl (C=O) groups is 1. The molecule has 0 bridgehead atoms. The fraction of sp³-hybridized carbons (Fsp3) is 0.625. The van der Waals surface area contributed by atoms with Gasteiger partial charge < -0.3 is 10.4 Å². The lowest BCUT2D eigenvalue weighted by molar-refractivity contribution is -0.124. The van der Waals surface area contributed by atoms with Gasteiger partial charge in [-0.05, 0) is 56.8 Å². The van der Waals surface area contributed by atoms with Crippen molar-refractivity contribution in [2.45, 2.75) is 37.8 Å². The molecule has 0 aromatic carbocycles. The number of aromatic nitrogens is 1. The SMILES string of the molecule is O=C(CN1CCCC1)NC(c1ccccn1)C1CC(O)C1. The number of nitrogens with zero attached hydrogens (tertiary/aromatic N) is 2. The van der Waals surface area contributed by atoms with Crippen LogP contribution in [0.1, 0.15) is 37.4 Å². The number of rotatable bonds is 5. The molecule has 1 aliphatic carbocycles. The Balaban J connectivity index is 1.63. The van der Waals surface area contributed by atoms with Crippen LogP contribution >= 0.6 is 0 Å². The van der Waals surface area contributed by atoms with Gasteiger partial charge >= 0.3 is 0 Å². The van der Waals surface area contributed by atoms with Crippen LogP contribution in [0.4, 0.5) is 0 Å². The van der Waals surface area contributed by atoms with E-state index in [1.165, 1.54) is 12.8 Å². The number of nitrogens with one attached hydrogen (secondary N) is 1. The minimum atomic E-state index is -0.225. The van der Waals surface area contributed by atoms with Gasteiger partial charge in [0.2, 0.25) is 5.91 Å². The van der Waals surface area contributed by atoms with Crippen molar-refractivity contribution in [3.05, 3.63) is 30.1 Å². The van der Waals surface area contributed by atoms with E-state index in [2.05, 4.69) is 15.2 Å². The second-order valence-corrected chi connectivity index (χ2v) is 6.17. The summed E-state index contributed by atoms with van der Waals surface area (Å²) in [7, 11) is 0. The first-order chi connectivity index (χ1) is 10.2. The second-order valence-electron chi connectivity index (χ2n) is 6.17. The molecule has 1 atom stereocenters. The molecule has 1 aliphatic heterocycles. The molecule has 1 unspecified atom stereocenters. The molecule has 2 N–H and O–H groups in total. The summed E-state index contributed by atoms with van der Waals surface area (Å²) in [5.74, 6) is 0.353. The van der Waals surface area contributed by atoms with Gasteiger partial charge in [-0.3, -0.25) is 14.7 Å². The summed E-state index contributed by atoms with van der Waals surface area (Å²) in [6, 6.07) is 5.69. The largest absolute Gasteiger partial charge is 0.393 e. The van der Waals surface area contributed by atoms with Gasteiger partial charge in [0, 0.05) is 6.20 Å². The van der Waals surface area contributed by atoms with Crippen LogP contribution in [0.5, 0.6) is 0 Å². The van der Waals surface area contributed by atoms with E-state index in [1.807, 2.05) is 18.2 Å². The monoisotopic (exact) mass is 289 g/mol. The van der Waals surface area contributed by atoms with Crippen molar-refractivity contribution in [3.8, 4) is 0 Å². The average Bonchev–Trinajstić information content (AvgIpc) is 2.95. The summed E-state index contributed by atoms with van der Waals surface area (Å²) in [5.41, 5.74) is 0.893. The van der Waals surface area contributed by atoms with Crippen LogP contribution in [-0.2, 0) is 4.79 Å². The van der Waals surface area contributed by atoms with Crippen molar-refractivity contribution in [1.29, 1.82) is 0 Å². The van der Waals surface area contributed by atoms with Gasteiger partial charge in [0.1, 0.15) is 0 Å². The van der Waals surface area contributed by atoms with E-state index in [0.29, 0.717) is 6.54 Å². The van der Waals surface area contributed by atoms with Crippen LogP contribution in [0, 0.1) is 5.92 Å². The first-order valence-electron chi connectivity index (χ1n) is 7.83. The van der Waals surface area contributed by atoms with Gasteiger partial charge in [0.05, 0.1) is 24.4 Å². The molecule has 2 heterocycles. The van der Waals surface area contributed by atoms with Crippen LogP contribution in [0.2, 0.25) is 0 Å². The van der Waals surface area contributed by atoms with Gasteiger partial charge in [-0.15, -0.1) is 0 Å². The third kappa shape index (κ3) is 3.60. The van der Waals surface area contributed by atoms with Crippen LogP contribution in [-0.4, -0.2) is 46.6 Å². The number of likely N-dealkylation sites (tertiary alicyclic amines) is 1. The van der Waals surface area contributed by atoms with E-state index < -0.39 is 0 Å². The predicted octanol–water partition coefficient (Wildman–Crippen LogP) is 1.11. The fourth-order valence-electron chi connectivity index (χ4n) is 3.26. The maximum absolute atomic E-state index is 12.3. The van der Waals surface area contributed by atoms with Gasteiger partial charge in [-0.2, -0.15) is 0 Å². The summed E-state index contributed by atoms with van der Waals surface area (Å²) in [6.07, 6.45) is 5.38. The van der Waals surface area contributed by atoms with E-state index in [0.717, 1.165) is 31.6 Å². The molecule has 1 saturated carbocycles. The number of carbonyl (C=O) groups excluding carboxylic acids is 1. The normalized spacial score (nSPS) is 27.1. The minimum absolute atomic E-state index is 0.0638. The van der Waals surface area contributed by atoms with Gasteiger partial charge in [0.15, 0.2) is 0 Å². The van der Waals surface area contributed by atoms with Crippen molar-refractivity contribution in [3.63, 3.8) is 0 Å². The number of hydrogen-bond acceptors (Lipinski definition) is 4. The summed E-state index contributed by atoms with van der Waals surface area (Å²) in [6.45, 7) is 2.51. The molecule has 0 spiro atoms. The Kier molecular flexibility index (Phi) is 4.51. The zero-order valence-electron chi connectivity index (χ0n) is 12.2. The maximum atomic E-state index is 12.3. The molecule has 2 fully saturated rings. The molecule has 1 aromatic heterocycles. The molecule has 3 rings (SSSR count). The number of pyridine rings is 1. The quantitative estimate of drug-likeness (QED) is 0.852. The van der Waals surface area contributed by atoms with E-state index in [9.17, 15) is 9.90 Å². The maximum Gasteiger partial charge on any atom is 0.234 e. The topological polar surface area (TPSA) is 65.5 Å². The lowest BCUT2D eigenvalue weighted by Gasteiger charge is -2.38. The van der Waals surface area contributed by atoms with Crippen molar-refractivity contribution in [2.75, 3.05) is 19.6 Å². The number of aliphatic hydroxyl groups excluding tert-OH is 1. The summed E-state index contributed by atoms with van der Waals surface area (Å²) >= 11 is 0. The highest BCUT2D eigenvalue weighted by molar-refractivity contribution is 5.78. The molecular weight excluding hydrogens is 266 g/mol. The Hall–Kier alpha value is -1.46. The predicted molar refractivity (Wildman–Crippen MR) is 79.5 cm³/mol. The smallest absolute Gasteiger partial charge is 0.234 e. The molecule has 5 nitrogen and oxygen atoms in total. The second kappa shape index (κ2) is 6.54. The third-order valence-corrected chi connectivity index (χ3v) is 4.51. The third-order valence-electron chi connectivity index (χ3n) is 4.51. The van der Waals surface area contributed by atoms with Crippen LogP contribution in [0.3, 0.4) is 0 Å². The lowest BCUT2D eigenvalue weighted by Crippen LogP contribution is -2.44. The molecule has 1 amide bonds. The van der Waals surface area contributed by atoms with Gasteiger partial charge in [-0.1, -0.05) is 6.07 Å². The first-order valence-corrected chi connectivity index (χ1v) is 7.83. The lowest BCUT2D eigenvalue weighted by atomic mass is 9.76. The van der Waals surface area contributed by atoms with Crippen LogP contribution in [0.15, 0.2) is 24.4 Å². The van der Waals surface area contributed by atoms with Crippen LogP contribution in [0.25, 0.3) is 0 Å². The molecule has 2 aliphatic rings.